The first kappa shape index (κ1) is 19.3. The van der Waals surface area contributed by atoms with E-state index in [0.29, 0.717) is 11.6 Å². The van der Waals surface area contributed by atoms with Gasteiger partial charge in [-0.15, -0.1) is 0 Å². The lowest BCUT2D eigenvalue weighted by molar-refractivity contribution is 0.229. The van der Waals surface area contributed by atoms with Crippen LogP contribution in [0, 0.1) is 5.92 Å². The van der Waals surface area contributed by atoms with Gasteiger partial charge in [-0.3, -0.25) is 4.72 Å². The van der Waals surface area contributed by atoms with Crippen molar-refractivity contribution in [3.8, 4) is 0 Å². The maximum atomic E-state index is 12.1. The lowest BCUT2D eigenvalue weighted by Crippen LogP contribution is -2.44. The van der Waals surface area contributed by atoms with Crippen LogP contribution in [0.5, 0.6) is 0 Å². The van der Waals surface area contributed by atoms with Gasteiger partial charge in [0.2, 0.25) is 10.0 Å². The molecule has 7 heteroatoms. The van der Waals surface area contributed by atoms with Gasteiger partial charge < -0.3 is 10.6 Å². The molecule has 1 aromatic rings. The highest BCUT2D eigenvalue weighted by Crippen LogP contribution is 2.18. The molecule has 2 amide bonds. The van der Waals surface area contributed by atoms with Crippen LogP contribution in [0.1, 0.15) is 45.7 Å². The quantitative estimate of drug-likeness (QED) is 0.712. The Labute approximate surface area is 139 Å². The summed E-state index contributed by atoms with van der Waals surface area (Å²) in [7, 11) is -3.32. The van der Waals surface area contributed by atoms with Gasteiger partial charge in [-0.1, -0.05) is 32.9 Å². The Morgan fingerprint density at radius 1 is 1.17 bits per heavy atom. The fourth-order valence-corrected chi connectivity index (χ4v) is 2.87. The zero-order chi connectivity index (χ0) is 17.6. The summed E-state index contributed by atoms with van der Waals surface area (Å²) in [6.07, 6.45) is 1.97. The third-order valence-electron chi connectivity index (χ3n) is 3.60. The molecular formula is C16H27N3O3S. The number of rotatable bonds is 7. The molecule has 0 saturated carbocycles. The van der Waals surface area contributed by atoms with E-state index in [2.05, 4.69) is 29.2 Å². The van der Waals surface area contributed by atoms with Gasteiger partial charge in [0.25, 0.3) is 0 Å². The molecule has 3 N–H and O–H groups in total. The van der Waals surface area contributed by atoms with Crippen molar-refractivity contribution in [1.29, 1.82) is 0 Å². The minimum absolute atomic E-state index is 0.125. The van der Waals surface area contributed by atoms with Crippen molar-refractivity contribution in [2.45, 2.75) is 46.2 Å². The first-order chi connectivity index (χ1) is 10.6. The van der Waals surface area contributed by atoms with Gasteiger partial charge in [-0.05, 0) is 37.0 Å². The van der Waals surface area contributed by atoms with Crippen LogP contribution in [-0.4, -0.2) is 26.7 Å². The summed E-state index contributed by atoms with van der Waals surface area (Å²) in [5.74, 6) is 0.364. The summed E-state index contributed by atoms with van der Waals surface area (Å²) in [5.41, 5.74) is 1.30. The van der Waals surface area contributed by atoms with Crippen molar-refractivity contribution in [3.63, 3.8) is 0 Å². The summed E-state index contributed by atoms with van der Waals surface area (Å²) < 4.78 is 25.0. The van der Waals surface area contributed by atoms with E-state index in [1.165, 1.54) is 0 Å². The molecule has 6 nitrogen and oxygen atoms in total. The van der Waals surface area contributed by atoms with E-state index in [1.807, 2.05) is 19.9 Å². The summed E-state index contributed by atoms with van der Waals surface area (Å²) in [6, 6.07) is 6.65. The summed E-state index contributed by atoms with van der Waals surface area (Å²) in [4.78, 5) is 12.1. The number of anilines is 1. The standard InChI is InChI=1S/C16H27N3O3S/c1-6-15(11(2)3)18-16(20)17-12(4)13-8-7-9-14(10-13)19-23(5,21)22/h7-12,15,19H,6H2,1-5H3,(H2,17,18,20)/t12-,15-/m0/s1. The van der Waals surface area contributed by atoms with E-state index in [1.54, 1.807) is 18.2 Å². The van der Waals surface area contributed by atoms with Crippen LogP contribution >= 0.6 is 0 Å². The number of urea groups is 1. The number of carbonyl (C=O) groups excluding carboxylic acids is 1. The van der Waals surface area contributed by atoms with Crippen LogP contribution in [0.3, 0.4) is 0 Å². The van der Waals surface area contributed by atoms with Gasteiger partial charge in [-0.25, -0.2) is 13.2 Å². The molecule has 0 aliphatic carbocycles. The molecule has 0 aliphatic rings. The number of amides is 2. The number of benzene rings is 1. The van der Waals surface area contributed by atoms with Crippen molar-refractivity contribution in [3.05, 3.63) is 29.8 Å². The number of hydrogen-bond acceptors (Lipinski definition) is 3. The fraction of sp³-hybridized carbons (Fsp3) is 0.562. The Morgan fingerprint density at radius 2 is 1.83 bits per heavy atom. The van der Waals surface area contributed by atoms with Crippen molar-refractivity contribution in [2.24, 2.45) is 5.92 Å². The lowest BCUT2D eigenvalue weighted by atomic mass is 10.0. The van der Waals surface area contributed by atoms with Crippen LogP contribution in [0.25, 0.3) is 0 Å². The van der Waals surface area contributed by atoms with Crippen LogP contribution in [0.15, 0.2) is 24.3 Å². The van der Waals surface area contributed by atoms with E-state index in [0.717, 1.165) is 18.2 Å². The molecule has 1 aromatic carbocycles. The Bertz CT molecular complexity index is 629. The molecule has 0 aliphatic heterocycles. The van der Waals surface area contributed by atoms with Crippen molar-refractivity contribution in [1.82, 2.24) is 10.6 Å². The Kier molecular flexibility index (Phi) is 6.87. The molecule has 0 heterocycles. The highest BCUT2D eigenvalue weighted by Gasteiger charge is 2.16. The van der Waals surface area contributed by atoms with E-state index in [-0.39, 0.29) is 18.1 Å². The zero-order valence-electron chi connectivity index (χ0n) is 14.4. The smallest absolute Gasteiger partial charge is 0.315 e. The number of sulfonamides is 1. The van der Waals surface area contributed by atoms with Crippen LogP contribution in [-0.2, 0) is 10.0 Å². The van der Waals surface area contributed by atoms with Gasteiger partial charge in [-0.2, -0.15) is 0 Å². The van der Waals surface area contributed by atoms with E-state index < -0.39 is 10.0 Å². The number of carbonyl (C=O) groups is 1. The third kappa shape index (κ3) is 6.90. The van der Waals surface area contributed by atoms with Crippen LogP contribution < -0.4 is 15.4 Å². The van der Waals surface area contributed by atoms with E-state index in [9.17, 15) is 13.2 Å². The molecule has 0 spiro atoms. The van der Waals surface area contributed by atoms with Gasteiger partial charge in [0.05, 0.1) is 12.3 Å². The first-order valence-electron chi connectivity index (χ1n) is 7.77. The van der Waals surface area contributed by atoms with Gasteiger partial charge in [0.1, 0.15) is 0 Å². The molecule has 0 saturated heterocycles. The van der Waals surface area contributed by atoms with Crippen LogP contribution in [0.4, 0.5) is 10.5 Å². The molecular weight excluding hydrogens is 314 g/mol. The SMILES string of the molecule is CC[C@H](NC(=O)N[C@@H](C)c1cccc(NS(C)(=O)=O)c1)C(C)C. The van der Waals surface area contributed by atoms with E-state index >= 15 is 0 Å². The topological polar surface area (TPSA) is 87.3 Å². The maximum Gasteiger partial charge on any atom is 0.315 e. The van der Waals surface area contributed by atoms with E-state index in [4.69, 9.17) is 0 Å². The highest BCUT2D eigenvalue weighted by molar-refractivity contribution is 7.92. The minimum Gasteiger partial charge on any atom is -0.335 e. The second kappa shape index (κ2) is 8.19. The molecule has 1 rings (SSSR count). The van der Waals surface area contributed by atoms with Crippen LogP contribution in [0.2, 0.25) is 0 Å². The Balaban J connectivity index is 2.72. The van der Waals surface area contributed by atoms with Crippen molar-refractivity contribution >= 4 is 21.7 Å². The Hall–Kier alpha value is -1.76. The minimum atomic E-state index is -3.32. The number of hydrogen-bond donors (Lipinski definition) is 3. The first-order valence-corrected chi connectivity index (χ1v) is 9.66. The molecule has 0 radical (unpaired) electrons. The summed E-state index contributed by atoms with van der Waals surface area (Å²) >= 11 is 0. The highest BCUT2D eigenvalue weighted by atomic mass is 32.2. The molecule has 0 bridgehead atoms. The molecule has 130 valence electrons. The third-order valence-corrected chi connectivity index (χ3v) is 4.21. The monoisotopic (exact) mass is 341 g/mol. The second-order valence-electron chi connectivity index (χ2n) is 6.10. The second-order valence-corrected chi connectivity index (χ2v) is 7.85. The van der Waals surface area contributed by atoms with Gasteiger partial charge in [0, 0.05) is 11.7 Å². The summed E-state index contributed by atoms with van der Waals surface area (Å²) in [6.45, 7) is 8.03. The van der Waals surface area contributed by atoms with Crippen molar-refractivity contribution < 1.29 is 13.2 Å². The normalized spacial score (nSPS) is 14.2. The molecule has 0 fully saturated rings. The molecule has 0 aromatic heterocycles. The largest absolute Gasteiger partial charge is 0.335 e. The summed E-state index contributed by atoms with van der Waals surface area (Å²) in [5, 5.41) is 5.84. The van der Waals surface area contributed by atoms with Gasteiger partial charge >= 0.3 is 6.03 Å². The Morgan fingerprint density at radius 3 is 2.35 bits per heavy atom. The average Bonchev–Trinajstić information content (AvgIpc) is 2.42. The van der Waals surface area contributed by atoms with Gasteiger partial charge in [0.15, 0.2) is 0 Å². The molecule has 0 unspecified atom stereocenters. The molecule has 23 heavy (non-hydrogen) atoms. The van der Waals surface area contributed by atoms with Crippen molar-refractivity contribution in [2.75, 3.05) is 11.0 Å². The fourth-order valence-electron chi connectivity index (χ4n) is 2.32. The predicted molar refractivity (Wildman–Crippen MR) is 93.9 cm³/mol. The average molecular weight is 341 g/mol. The molecule has 2 atom stereocenters. The maximum absolute atomic E-state index is 12.1. The predicted octanol–water partition coefficient (Wildman–Crippen LogP) is 2.85. The zero-order valence-corrected chi connectivity index (χ0v) is 15.2. The lowest BCUT2D eigenvalue weighted by Gasteiger charge is -2.23. The number of nitrogens with one attached hydrogen (secondary N) is 3.